The van der Waals surface area contributed by atoms with Gasteiger partial charge in [0, 0.05) is 19.3 Å². The van der Waals surface area contributed by atoms with E-state index in [0.717, 1.165) is 18.9 Å². The lowest BCUT2D eigenvalue weighted by atomic mass is 10.2. The lowest BCUT2D eigenvalue weighted by Crippen LogP contribution is -2.37. The minimum absolute atomic E-state index is 0.0401. The van der Waals surface area contributed by atoms with Crippen molar-refractivity contribution in [2.75, 3.05) is 24.6 Å². The summed E-state index contributed by atoms with van der Waals surface area (Å²) >= 11 is 0. The monoisotopic (exact) mass is 263 g/mol. The van der Waals surface area contributed by atoms with Gasteiger partial charge in [0.25, 0.3) is 5.91 Å². The summed E-state index contributed by atoms with van der Waals surface area (Å²) in [6.07, 6.45) is 4.73. The van der Waals surface area contributed by atoms with Gasteiger partial charge in [0.15, 0.2) is 0 Å². The fourth-order valence-electron chi connectivity index (χ4n) is 2.20. The average Bonchev–Trinajstić information content (AvgIpc) is 2.99. The van der Waals surface area contributed by atoms with E-state index in [-0.39, 0.29) is 18.6 Å². The van der Waals surface area contributed by atoms with Crippen molar-refractivity contribution in [1.82, 2.24) is 10.3 Å². The maximum Gasteiger partial charge on any atom is 0.253 e. The minimum Gasteiger partial charge on any atom is -0.394 e. The molecule has 1 saturated heterocycles. The third-order valence-electron chi connectivity index (χ3n) is 3.49. The molecular weight excluding hydrogens is 242 g/mol. The Bertz CT molecular complexity index is 409. The van der Waals surface area contributed by atoms with Gasteiger partial charge in [-0.1, -0.05) is 6.92 Å². The fourth-order valence-corrected chi connectivity index (χ4v) is 2.20. The second kappa shape index (κ2) is 6.52. The molecule has 1 aliphatic rings. The predicted octanol–water partition coefficient (Wildman–Crippen LogP) is 1.18. The van der Waals surface area contributed by atoms with E-state index >= 15 is 0 Å². The molecule has 1 aromatic heterocycles. The van der Waals surface area contributed by atoms with Crippen LogP contribution in [0.2, 0.25) is 0 Å². The molecule has 0 radical (unpaired) electrons. The Morgan fingerprint density at radius 3 is 2.74 bits per heavy atom. The number of aromatic nitrogens is 1. The average molecular weight is 263 g/mol. The SMILES string of the molecule is CCC(CO)NC(=O)c1ccc(N2CCCC2)nc1. The van der Waals surface area contributed by atoms with Crippen LogP contribution in [0.5, 0.6) is 0 Å². The Labute approximate surface area is 113 Å². The number of aliphatic hydroxyl groups excluding tert-OH is 1. The van der Waals surface area contributed by atoms with Crippen molar-refractivity contribution in [1.29, 1.82) is 0 Å². The van der Waals surface area contributed by atoms with Crippen LogP contribution in [0.15, 0.2) is 18.3 Å². The Morgan fingerprint density at radius 1 is 1.47 bits per heavy atom. The number of nitrogens with zero attached hydrogens (tertiary/aromatic N) is 2. The number of carbonyl (C=O) groups is 1. The van der Waals surface area contributed by atoms with E-state index in [4.69, 9.17) is 5.11 Å². The topological polar surface area (TPSA) is 65.5 Å². The number of rotatable bonds is 5. The zero-order valence-electron chi connectivity index (χ0n) is 11.3. The third-order valence-corrected chi connectivity index (χ3v) is 3.49. The summed E-state index contributed by atoms with van der Waals surface area (Å²) < 4.78 is 0. The van der Waals surface area contributed by atoms with Crippen molar-refractivity contribution in [3.05, 3.63) is 23.9 Å². The molecule has 0 spiro atoms. The molecule has 19 heavy (non-hydrogen) atoms. The van der Waals surface area contributed by atoms with Crippen LogP contribution in [0.4, 0.5) is 5.82 Å². The van der Waals surface area contributed by atoms with Gasteiger partial charge in [-0.05, 0) is 31.4 Å². The highest BCUT2D eigenvalue weighted by Gasteiger charge is 2.15. The highest BCUT2D eigenvalue weighted by atomic mass is 16.3. The van der Waals surface area contributed by atoms with E-state index in [0.29, 0.717) is 12.0 Å². The molecular formula is C14H21N3O2. The molecule has 0 aromatic carbocycles. The van der Waals surface area contributed by atoms with Crippen molar-refractivity contribution < 1.29 is 9.90 Å². The molecule has 1 amide bonds. The Kier molecular flexibility index (Phi) is 4.74. The molecule has 1 aromatic rings. The molecule has 1 aliphatic heterocycles. The number of amides is 1. The zero-order valence-corrected chi connectivity index (χ0v) is 11.3. The molecule has 5 nitrogen and oxygen atoms in total. The lowest BCUT2D eigenvalue weighted by molar-refractivity contribution is 0.0914. The van der Waals surface area contributed by atoms with Gasteiger partial charge in [-0.15, -0.1) is 0 Å². The first-order valence-electron chi connectivity index (χ1n) is 6.87. The molecule has 1 atom stereocenters. The molecule has 0 bridgehead atoms. The van der Waals surface area contributed by atoms with Gasteiger partial charge in [0.2, 0.25) is 0 Å². The molecule has 2 N–H and O–H groups in total. The van der Waals surface area contributed by atoms with Crippen LogP contribution in [-0.4, -0.2) is 41.7 Å². The first-order chi connectivity index (χ1) is 9.24. The molecule has 2 heterocycles. The summed E-state index contributed by atoms with van der Waals surface area (Å²) in [5, 5.41) is 11.9. The highest BCUT2D eigenvalue weighted by Crippen LogP contribution is 2.17. The summed E-state index contributed by atoms with van der Waals surface area (Å²) in [5.74, 6) is 0.754. The number of carbonyl (C=O) groups excluding carboxylic acids is 1. The molecule has 104 valence electrons. The standard InChI is InChI=1S/C14H21N3O2/c1-2-12(10-18)16-14(19)11-5-6-13(15-9-11)17-7-3-4-8-17/h5-6,9,12,18H,2-4,7-8,10H2,1H3,(H,16,19). The maximum absolute atomic E-state index is 11.9. The van der Waals surface area contributed by atoms with E-state index in [1.54, 1.807) is 12.3 Å². The van der Waals surface area contributed by atoms with E-state index in [1.807, 2.05) is 13.0 Å². The fraction of sp³-hybridized carbons (Fsp3) is 0.571. The summed E-state index contributed by atoms with van der Waals surface area (Å²) in [6.45, 7) is 3.97. The van der Waals surface area contributed by atoms with Crippen LogP contribution in [0.3, 0.4) is 0 Å². The van der Waals surface area contributed by atoms with Crippen molar-refractivity contribution in [2.24, 2.45) is 0 Å². The van der Waals surface area contributed by atoms with Crippen molar-refractivity contribution in [3.63, 3.8) is 0 Å². The predicted molar refractivity (Wildman–Crippen MR) is 74.3 cm³/mol. The van der Waals surface area contributed by atoms with Gasteiger partial charge in [0.1, 0.15) is 5.82 Å². The smallest absolute Gasteiger partial charge is 0.253 e. The van der Waals surface area contributed by atoms with Crippen LogP contribution in [0.1, 0.15) is 36.5 Å². The first kappa shape index (κ1) is 13.8. The molecule has 2 rings (SSSR count). The normalized spacial score (nSPS) is 16.4. The van der Waals surface area contributed by atoms with E-state index in [2.05, 4.69) is 15.2 Å². The molecule has 1 fully saturated rings. The van der Waals surface area contributed by atoms with Gasteiger partial charge in [-0.2, -0.15) is 0 Å². The zero-order chi connectivity index (χ0) is 13.7. The Balaban J connectivity index is 1.99. The molecule has 0 saturated carbocycles. The maximum atomic E-state index is 11.9. The second-order valence-electron chi connectivity index (χ2n) is 4.86. The van der Waals surface area contributed by atoms with Gasteiger partial charge < -0.3 is 15.3 Å². The van der Waals surface area contributed by atoms with E-state index in [1.165, 1.54) is 12.8 Å². The molecule has 1 unspecified atom stereocenters. The van der Waals surface area contributed by atoms with Crippen LogP contribution in [0, 0.1) is 0 Å². The van der Waals surface area contributed by atoms with E-state index < -0.39 is 0 Å². The lowest BCUT2D eigenvalue weighted by Gasteiger charge is -2.17. The first-order valence-corrected chi connectivity index (χ1v) is 6.87. The minimum atomic E-state index is -0.189. The second-order valence-corrected chi connectivity index (χ2v) is 4.86. The van der Waals surface area contributed by atoms with Crippen LogP contribution >= 0.6 is 0 Å². The number of hydrogen-bond acceptors (Lipinski definition) is 4. The van der Waals surface area contributed by atoms with Crippen LogP contribution in [0.25, 0.3) is 0 Å². The van der Waals surface area contributed by atoms with Crippen molar-refractivity contribution in [2.45, 2.75) is 32.2 Å². The highest BCUT2D eigenvalue weighted by molar-refractivity contribution is 5.94. The Hall–Kier alpha value is -1.62. The van der Waals surface area contributed by atoms with Crippen molar-refractivity contribution in [3.8, 4) is 0 Å². The van der Waals surface area contributed by atoms with Gasteiger partial charge in [0.05, 0.1) is 18.2 Å². The summed E-state index contributed by atoms with van der Waals surface area (Å²) in [7, 11) is 0. The summed E-state index contributed by atoms with van der Waals surface area (Å²) in [4.78, 5) is 18.5. The number of anilines is 1. The Morgan fingerprint density at radius 2 is 2.21 bits per heavy atom. The summed E-state index contributed by atoms with van der Waals surface area (Å²) in [5.41, 5.74) is 0.537. The number of nitrogens with one attached hydrogen (secondary N) is 1. The number of aliphatic hydroxyl groups is 1. The number of pyridine rings is 1. The summed E-state index contributed by atoms with van der Waals surface area (Å²) in [6, 6.07) is 3.49. The van der Waals surface area contributed by atoms with Gasteiger partial charge in [-0.3, -0.25) is 4.79 Å². The van der Waals surface area contributed by atoms with Gasteiger partial charge >= 0.3 is 0 Å². The van der Waals surface area contributed by atoms with Crippen LogP contribution < -0.4 is 10.2 Å². The largest absolute Gasteiger partial charge is 0.394 e. The van der Waals surface area contributed by atoms with E-state index in [9.17, 15) is 4.79 Å². The molecule has 5 heteroatoms. The quantitative estimate of drug-likeness (QED) is 0.837. The van der Waals surface area contributed by atoms with Gasteiger partial charge in [-0.25, -0.2) is 4.98 Å². The van der Waals surface area contributed by atoms with Crippen molar-refractivity contribution >= 4 is 11.7 Å². The third kappa shape index (κ3) is 3.44. The van der Waals surface area contributed by atoms with Crippen LogP contribution in [-0.2, 0) is 0 Å². The number of hydrogen-bond donors (Lipinski definition) is 2. The molecule has 0 aliphatic carbocycles.